The fraction of sp³-hybridized carbons (Fsp3) is 0.538. The van der Waals surface area contributed by atoms with Crippen LogP contribution in [0.25, 0.3) is 0 Å². The lowest BCUT2D eigenvalue weighted by Gasteiger charge is -2.09. The number of benzene rings is 1. The van der Waals surface area contributed by atoms with Gasteiger partial charge in [-0.3, -0.25) is 0 Å². The molecule has 0 amide bonds. The Morgan fingerprint density at radius 1 is 1.42 bits per heavy atom. The molecule has 1 atom stereocenters. The predicted octanol–water partition coefficient (Wildman–Crippen LogP) is 1.10. The molecule has 0 aliphatic carbocycles. The van der Waals surface area contributed by atoms with Gasteiger partial charge in [-0.1, -0.05) is 19.1 Å². The number of hydrogen-bond donors (Lipinski definition) is 3. The lowest BCUT2D eigenvalue weighted by Crippen LogP contribution is -2.26. The Labute approximate surface area is 114 Å². The highest BCUT2D eigenvalue weighted by Gasteiger charge is 2.11. The van der Waals surface area contributed by atoms with E-state index in [1.165, 1.54) is 0 Å². The molecule has 0 saturated heterocycles. The van der Waals surface area contributed by atoms with Crippen LogP contribution in [0.1, 0.15) is 25.3 Å². The highest BCUT2D eigenvalue weighted by Crippen LogP contribution is 2.10. The van der Waals surface area contributed by atoms with E-state index in [0.717, 1.165) is 12.8 Å². The van der Waals surface area contributed by atoms with Crippen molar-refractivity contribution in [3.63, 3.8) is 0 Å². The van der Waals surface area contributed by atoms with E-state index in [1.807, 2.05) is 6.92 Å². The zero-order valence-electron chi connectivity index (χ0n) is 11.2. The van der Waals surface area contributed by atoms with Gasteiger partial charge >= 0.3 is 0 Å². The molecule has 0 saturated carbocycles. The van der Waals surface area contributed by atoms with Gasteiger partial charge in [0.15, 0.2) is 0 Å². The van der Waals surface area contributed by atoms with Gasteiger partial charge in [0.1, 0.15) is 0 Å². The molecule has 0 aliphatic rings. The minimum absolute atomic E-state index is 0.0619. The van der Waals surface area contributed by atoms with Crippen molar-refractivity contribution < 1.29 is 13.5 Å². The number of aliphatic hydroxyl groups excluding tert-OH is 1. The van der Waals surface area contributed by atoms with E-state index in [-0.39, 0.29) is 18.3 Å². The van der Waals surface area contributed by atoms with Crippen LogP contribution in [-0.2, 0) is 15.8 Å². The number of hydrogen-bond acceptors (Lipinski definition) is 4. The highest BCUT2D eigenvalue weighted by atomic mass is 32.2. The van der Waals surface area contributed by atoms with Gasteiger partial charge in [0.05, 0.1) is 5.75 Å². The van der Waals surface area contributed by atoms with Crippen LogP contribution in [0, 0.1) is 5.92 Å². The van der Waals surface area contributed by atoms with Crippen LogP contribution < -0.4 is 10.5 Å². The van der Waals surface area contributed by atoms with E-state index in [1.54, 1.807) is 24.3 Å². The van der Waals surface area contributed by atoms with Crippen molar-refractivity contribution in [2.24, 2.45) is 5.92 Å². The van der Waals surface area contributed by atoms with Crippen LogP contribution in [-0.4, -0.2) is 26.7 Å². The number of nitrogens with two attached hydrogens (primary N) is 1. The predicted molar refractivity (Wildman–Crippen MR) is 77.0 cm³/mol. The summed E-state index contributed by atoms with van der Waals surface area (Å²) in [6.07, 6.45) is 1.52. The average molecular weight is 286 g/mol. The van der Waals surface area contributed by atoms with E-state index < -0.39 is 10.0 Å². The second-order valence-corrected chi connectivity index (χ2v) is 6.64. The largest absolute Gasteiger partial charge is 0.399 e. The minimum atomic E-state index is -3.32. The van der Waals surface area contributed by atoms with Crippen molar-refractivity contribution >= 4 is 15.7 Å². The molecule has 6 heteroatoms. The Morgan fingerprint density at radius 3 is 2.79 bits per heavy atom. The molecular formula is C13H22N2O3S. The molecule has 0 aromatic heterocycles. The number of nitrogens with one attached hydrogen (secondary N) is 1. The van der Waals surface area contributed by atoms with Crippen LogP contribution in [0.2, 0.25) is 0 Å². The van der Waals surface area contributed by atoms with Crippen LogP contribution in [0.3, 0.4) is 0 Å². The van der Waals surface area contributed by atoms with Crippen molar-refractivity contribution in [2.75, 3.05) is 18.9 Å². The maximum Gasteiger partial charge on any atom is 0.215 e. The summed E-state index contributed by atoms with van der Waals surface area (Å²) >= 11 is 0. The van der Waals surface area contributed by atoms with Gasteiger partial charge in [0.2, 0.25) is 10.0 Å². The molecule has 1 unspecified atom stereocenters. The molecule has 0 spiro atoms. The molecule has 1 rings (SSSR count). The first kappa shape index (κ1) is 15.9. The van der Waals surface area contributed by atoms with E-state index in [4.69, 9.17) is 10.8 Å². The molecule has 0 heterocycles. The maximum absolute atomic E-state index is 11.8. The summed E-state index contributed by atoms with van der Waals surface area (Å²) in [4.78, 5) is 0. The number of nitrogen functional groups attached to an aromatic ring is 1. The summed E-state index contributed by atoms with van der Waals surface area (Å²) in [6.45, 7) is 2.46. The first-order valence-electron chi connectivity index (χ1n) is 6.35. The van der Waals surface area contributed by atoms with Gasteiger partial charge in [-0.15, -0.1) is 0 Å². The topological polar surface area (TPSA) is 92.4 Å². The molecular weight excluding hydrogens is 264 g/mol. The molecule has 0 radical (unpaired) electrons. The van der Waals surface area contributed by atoms with Crippen molar-refractivity contribution in [3.05, 3.63) is 29.8 Å². The molecule has 1 aromatic rings. The first-order valence-corrected chi connectivity index (χ1v) is 8.01. The third kappa shape index (κ3) is 6.56. The number of sulfonamides is 1. The molecule has 108 valence electrons. The van der Waals surface area contributed by atoms with Crippen LogP contribution in [0.5, 0.6) is 0 Å². The van der Waals surface area contributed by atoms with Gasteiger partial charge in [-0.25, -0.2) is 13.1 Å². The third-order valence-electron chi connectivity index (χ3n) is 2.82. The van der Waals surface area contributed by atoms with Crippen LogP contribution in [0.15, 0.2) is 24.3 Å². The Bertz CT molecular complexity index is 488. The number of aliphatic hydroxyl groups is 1. The Balaban J connectivity index is 2.40. The summed E-state index contributed by atoms with van der Waals surface area (Å²) in [5.41, 5.74) is 6.85. The smallest absolute Gasteiger partial charge is 0.215 e. The standard InChI is InChI=1S/C13H22N2O3S/c1-11(9-16)4-3-7-15-19(17,18)10-12-5-2-6-13(14)8-12/h2,5-6,8,11,15-16H,3-4,7,9-10,14H2,1H3. The van der Waals surface area contributed by atoms with Gasteiger partial charge in [0, 0.05) is 18.8 Å². The molecule has 19 heavy (non-hydrogen) atoms. The second-order valence-electron chi connectivity index (χ2n) is 4.83. The van der Waals surface area contributed by atoms with Crippen molar-refractivity contribution in [1.29, 1.82) is 0 Å². The van der Waals surface area contributed by atoms with Crippen molar-refractivity contribution in [2.45, 2.75) is 25.5 Å². The Kier molecular flexibility index (Phi) is 6.27. The summed E-state index contributed by atoms with van der Waals surface area (Å²) in [5.74, 6) is 0.145. The summed E-state index contributed by atoms with van der Waals surface area (Å²) in [7, 11) is -3.32. The number of rotatable bonds is 8. The first-order chi connectivity index (χ1) is 8.93. The van der Waals surface area contributed by atoms with Gasteiger partial charge < -0.3 is 10.8 Å². The third-order valence-corrected chi connectivity index (χ3v) is 4.17. The summed E-state index contributed by atoms with van der Waals surface area (Å²) in [6, 6.07) is 6.86. The molecule has 0 aliphatic heterocycles. The quantitative estimate of drug-likeness (QED) is 0.493. The van der Waals surface area contributed by atoms with Gasteiger partial charge in [-0.05, 0) is 36.5 Å². The van der Waals surface area contributed by atoms with E-state index >= 15 is 0 Å². The normalized spacial score (nSPS) is 13.4. The highest BCUT2D eigenvalue weighted by molar-refractivity contribution is 7.88. The zero-order valence-corrected chi connectivity index (χ0v) is 12.0. The van der Waals surface area contributed by atoms with E-state index in [9.17, 15) is 8.42 Å². The average Bonchev–Trinajstić information content (AvgIpc) is 2.33. The molecule has 4 N–H and O–H groups in total. The van der Waals surface area contributed by atoms with Crippen LogP contribution >= 0.6 is 0 Å². The Morgan fingerprint density at radius 2 is 2.16 bits per heavy atom. The molecule has 1 aromatic carbocycles. The van der Waals surface area contributed by atoms with Crippen molar-refractivity contribution in [3.8, 4) is 0 Å². The second kappa shape index (κ2) is 7.47. The Hall–Kier alpha value is -1.11. The molecule has 0 bridgehead atoms. The van der Waals surface area contributed by atoms with Gasteiger partial charge in [0.25, 0.3) is 0 Å². The summed E-state index contributed by atoms with van der Waals surface area (Å²) in [5, 5.41) is 8.86. The zero-order chi connectivity index (χ0) is 14.3. The lowest BCUT2D eigenvalue weighted by atomic mass is 10.1. The monoisotopic (exact) mass is 286 g/mol. The molecule has 5 nitrogen and oxygen atoms in total. The van der Waals surface area contributed by atoms with E-state index in [2.05, 4.69) is 4.72 Å². The van der Waals surface area contributed by atoms with Crippen LogP contribution in [0.4, 0.5) is 5.69 Å². The molecule has 0 fully saturated rings. The summed E-state index contributed by atoms with van der Waals surface area (Å²) < 4.78 is 26.2. The fourth-order valence-corrected chi connectivity index (χ4v) is 2.90. The van der Waals surface area contributed by atoms with E-state index in [0.29, 0.717) is 17.8 Å². The fourth-order valence-electron chi connectivity index (χ4n) is 1.72. The number of anilines is 1. The SMILES string of the molecule is CC(CO)CCCNS(=O)(=O)Cc1cccc(N)c1. The van der Waals surface area contributed by atoms with Crippen molar-refractivity contribution in [1.82, 2.24) is 4.72 Å². The maximum atomic E-state index is 11.8. The minimum Gasteiger partial charge on any atom is -0.399 e. The lowest BCUT2D eigenvalue weighted by molar-refractivity contribution is 0.228. The van der Waals surface area contributed by atoms with Gasteiger partial charge in [-0.2, -0.15) is 0 Å².